The van der Waals surface area contributed by atoms with E-state index in [1.807, 2.05) is 42.6 Å². The van der Waals surface area contributed by atoms with Gasteiger partial charge in [0.05, 0.1) is 12.1 Å². The van der Waals surface area contributed by atoms with E-state index in [0.29, 0.717) is 12.3 Å². The molecule has 3 aromatic rings. The van der Waals surface area contributed by atoms with Crippen molar-refractivity contribution in [3.8, 4) is 5.75 Å². The highest BCUT2D eigenvalue weighted by Crippen LogP contribution is 2.35. The molecule has 6 heteroatoms. The molecular weight excluding hydrogens is 448 g/mol. The molecule has 2 aliphatic heterocycles. The lowest BCUT2D eigenvalue weighted by molar-refractivity contribution is 0.0940. The number of Topliss-reactive ketones (excluding diaryl/α,β-unsaturated/α-hetero) is 1. The summed E-state index contributed by atoms with van der Waals surface area (Å²) in [5.74, 6) is 3.78. The topological polar surface area (TPSA) is 58.6 Å². The monoisotopic (exact) mass is 484 g/mol. The predicted molar refractivity (Wildman–Crippen MR) is 143 cm³/mol. The molecule has 0 atom stereocenters. The fourth-order valence-corrected chi connectivity index (χ4v) is 6.27. The average Bonchev–Trinajstić information content (AvgIpc) is 3.42. The second-order valence-electron chi connectivity index (χ2n) is 10.8. The van der Waals surface area contributed by atoms with Gasteiger partial charge in [0.1, 0.15) is 11.6 Å². The Balaban J connectivity index is 0.928. The first-order chi connectivity index (χ1) is 17.7. The molecule has 1 aromatic carbocycles. The first-order valence-electron chi connectivity index (χ1n) is 13.7. The lowest BCUT2D eigenvalue weighted by Crippen LogP contribution is -2.47. The van der Waals surface area contributed by atoms with E-state index in [1.165, 1.54) is 44.2 Å². The van der Waals surface area contributed by atoms with E-state index < -0.39 is 0 Å². The molecule has 0 amide bonds. The number of ether oxygens (including phenoxy) is 1. The van der Waals surface area contributed by atoms with Crippen LogP contribution in [0.4, 0.5) is 5.82 Å². The van der Waals surface area contributed by atoms with E-state index in [0.717, 1.165) is 73.2 Å². The van der Waals surface area contributed by atoms with Crippen molar-refractivity contribution in [2.75, 3.05) is 44.2 Å². The van der Waals surface area contributed by atoms with Crippen molar-refractivity contribution in [2.24, 2.45) is 11.8 Å². The fourth-order valence-electron chi connectivity index (χ4n) is 6.27. The minimum atomic E-state index is 0.284. The molecule has 36 heavy (non-hydrogen) atoms. The predicted octanol–water partition coefficient (Wildman–Crippen LogP) is 5.16. The number of nitrogens with zero attached hydrogens (tertiary/aromatic N) is 4. The van der Waals surface area contributed by atoms with Gasteiger partial charge in [-0.25, -0.2) is 4.98 Å². The summed E-state index contributed by atoms with van der Waals surface area (Å²) in [5.41, 5.74) is 3.07. The van der Waals surface area contributed by atoms with E-state index >= 15 is 0 Å². The van der Waals surface area contributed by atoms with Gasteiger partial charge in [0.2, 0.25) is 0 Å². The number of rotatable bonds is 7. The Bertz CT molecular complexity index is 1210. The summed E-state index contributed by atoms with van der Waals surface area (Å²) in [6.45, 7) is 6.28. The summed E-state index contributed by atoms with van der Waals surface area (Å²) in [6.07, 6.45) is 11.5. The molecule has 2 fully saturated rings. The van der Waals surface area contributed by atoms with Gasteiger partial charge in [0.25, 0.3) is 0 Å². The zero-order chi connectivity index (χ0) is 24.3. The van der Waals surface area contributed by atoms with Crippen LogP contribution in [-0.2, 0) is 6.42 Å². The Morgan fingerprint density at radius 1 is 0.944 bits per heavy atom. The van der Waals surface area contributed by atoms with Crippen molar-refractivity contribution in [1.82, 2.24) is 14.9 Å². The molecular formula is C30H36N4O2. The van der Waals surface area contributed by atoms with Gasteiger partial charge in [-0.3, -0.25) is 14.7 Å². The number of hydrogen-bond donors (Lipinski definition) is 0. The van der Waals surface area contributed by atoms with Crippen LogP contribution in [-0.4, -0.2) is 60.0 Å². The quantitative estimate of drug-likeness (QED) is 0.432. The van der Waals surface area contributed by atoms with Crippen LogP contribution in [0.25, 0.3) is 10.9 Å². The van der Waals surface area contributed by atoms with Crippen molar-refractivity contribution < 1.29 is 9.53 Å². The molecule has 6 nitrogen and oxygen atoms in total. The molecule has 1 aliphatic carbocycles. The number of carbonyl (C=O) groups is 1. The number of carbonyl (C=O) groups excluding carboxylic acids is 1. The van der Waals surface area contributed by atoms with Crippen molar-refractivity contribution in [3.05, 3.63) is 59.9 Å². The van der Waals surface area contributed by atoms with Crippen LogP contribution < -0.4 is 9.64 Å². The molecule has 1 saturated carbocycles. The minimum Gasteiger partial charge on any atom is -0.493 e. The number of piperazine rings is 1. The van der Waals surface area contributed by atoms with E-state index in [4.69, 9.17) is 4.74 Å². The van der Waals surface area contributed by atoms with Crippen LogP contribution in [0.15, 0.2) is 48.8 Å². The summed E-state index contributed by atoms with van der Waals surface area (Å²) >= 11 is 0. The van der Waals surface area contributed by atoms with Gasteiger partial charge in [-0.15, -0.1) is 0 Å². The van der Waals surface area contributed by atoms with Crippen molar-refractivity contribution in [2.45, 2.75) is 44.9 Å². The summed E-state index contributed by atoms with van der Waals surface area (Å²) < 4.78 is 5.73. The number of aromatic nitrogens is 2. The van der Waals surface area contributed by atoms with Crippen molar-refractivity contribution in [3.63, 3.8) is 0 Å². The van der Waals surface area contributed by atoms with Crippen LogP contribution in [0.2, 0.25) is 0 Å². The number of fused-ring (bicyclic) bond motifs is 2. The van der Waals surface area contributed by atoms with Gasteiger partial charge in [-0.05, 0) is 68.0 Å². The molecule has 0 N–H and O–H groups in total. The highest BCUT2D eigenvalue weighted by Gasteiger charge is 2.27. The zero-order valence-corrected chi connectivity index (χ0v) is 21.1. The van der Waals surface area contributed by atoms with E-state index in [1.54, 1.807) is 6.20 Å². The number of hydrogen-bond acceptors (Lipinski definition) is 6. The normalized spacial score (nSPS) is 22.4. The first kappa shape index (κ1) is 23.4. The highest BCUT2D eigenvalue weighted by molar-refractivity contribution is 5.99. The van der Waals surface area contributed by atoms with Crippen LogP contribution in [0.1, 0.15) is 54.4 Å². The molecule has 2 aromatic heterocycles. The van der Waals surface area contributed by atoms with Gasteiger partial charge in [-0.2, -0.15) is 0 Å². The molecule has 3 aliphatic rings. The summed E-state index contributed by atoms with van der Waals surface area (Å²) in [5, 5.41) is 1.05. The minimum absolute atomic E-state index is 0.284. The SMILES string of the molecule is O=C(CC1CCC(CCN2CCN(c3nccc4c3CCO4)CC2)CC1)c1ccc2ncccc2c1. The number of ketones is 1. The second kappa shape index (κ2) is 10.6. The van der Waals surface area contributed by atoms with E-state index in [-0.39, 0.29) is 5.78 Å². The third kappa shape index (κ3) is 5.10. The fraction of sp³-hybridized carbons (Fsp3) is 0.500. The summed E-state index contributed by atoms with van der Waals surface area (Å²) in [6, 6.07) is 11.9. The summed E-state index contributed by atoms with van der Waals surface area (Å²) in [7, 11) is 0. The second-order valence-corrected chi connectivity index (χ2v) is 10.8. The molecule has 188 valence electrons. The Morgan fingerprint density at radius 2 is 1.78 bits per heavy atom. The van der Waals surface area contributed by atoms with E-state index in [9.17, 15) is 4.79 Å². The van der Waals surface area contributed by atoms with Crippen molar-refractivity contribution in [1.29, 1.82) is 0 Å². The van der Waals surface area contributed by atoms with Gasteiger partial charge in [0.15, 0.2) is 5.78 Å². The molecule has 6 rings (SSSR count). The highest BCUT2D eigenvalue weighted by atomic mass is 16.5. The average molecular weight is 485 g/mol. The van der Waals surface area contributed by atoms with Gasteiger partial charge in [0, 0.05) is 67.9 Å². The maximum Gasteiger partial charge on any atom is 0.163 e. The molecule has 0 spiro atoms. The lowest BCUT2D eigenvalue weighted by atomic mass is 9.78. The van der Waals surface area contributed by atoms with Gasteiger partial charge < -0.3 is 9.64 Å². The van der Waals surface area contributed by atoms with Crippen LogP contribution in [0, 0.1) is 11.8 Å². The maximum atomic E-state index is 12.9. The zero-order valence-electron chi connectivity index (χ0n) is 21.1. The number of benzene rings is 1. The number of pyridine rings is 2. The third-order valence-corrected chi connectivity index (χ3v) is 8.49. The Morgan fingerprint density at radius 3 is 2.64 bits per heavy atom. The molecule has 0 bridgehead atoms. The lowest BCUT2D eigenvalue weighted by Gasteiger charge is -2.37. The summed E-state index contributed by atoms with van der Waals surface area (Å²) in [4.78, 5) is 27.0. The molecule has 0 radical (unpaired) electrons. The smallest absolute Gasteiger partial charge is 0.163 e. The van der Waals surface area contributed by atoms with Gasteiger partial charge in [-0.1, -0.05) is 18.9 Å². The Hall–Kier alpha value is -2.99. The maximum absolute atomic E-state index is 12.9. The van der Waals surface area contributed by atoms with Crippen molar-refractivity contribution >= 4 is 22.5 Å². The molecule has 4 heterocycles. The third-order valence-electron chi connectivity index (χ3n) is 8.49. The Labute approximate surface area is 213 Å². The number of anilines is 1. The molecule has 0 unspecified atom stereocenters. The van der Waals surface area contributed by atoms with Gasteiger partial charge >= 0.3 is 0 Å². The first-order valence-corrected chi connectivity index (χ1v) is 13.7. The van der Waals surface area contributed by atoms with Crippen LogP contribution >= 0.6 is 0 Å². The van der Waals surface area contributed by atoms with Crippen LogP contribution in [0.3, 0.4) is 0 Å². The Kier molecular flexibility index (Phi) is 6.86. The molecule has 1 saturated heterocycles. The standard InChI is InChI=1S/C30H36N4O2/c35-28(25-7-8-27-24(21-25)2-1-12-31-27)20-23-5-3-22(4-6-23)10-14-33-15-17-34(18-16-33)30-26-11-19-36-29(26)9-13-32-30/h1-2,7-9,12-13,21-23H,3-6,10-11,14-20H2. The van der Waals surface area contributed by atoms with E-state index in [2.05, 4.69) is 19.8 Å². The largest absolute Gasteiger partial charge is 0.493 e. The van der Waals surface area contributed by atoms with Crippen LogP contribution in [0.5, 0.6) is 5.75 Å².